The van der Waals surface area contributed by atoms with Crippen LogP contribution in [0.4, 0.5) is 0 Å². The largest absolute Gasteiger partial charge is 0.508 e. The summed E-state index contributed by atoms with van der Waals surface area (Å²) in [7, 11) is 4.04. The molecule has 1 saturated carbocycles. The fraction of sp³-hybridized carbons (Fsp3) is 0.536. The maximum Gasteiger partial charge on any atom is 0.119 e. The molecule has 0 aromatic heterocycles. The van der Waals surface area contributed by atoms with E-state index in [1.807, 2.05) is 44.4 Å². The minimum Gasteiger partial charge on any atom is -0.508 e. The number of likely N-dealkylation sites (N-methyl/N-ethyl adjacent to an activating group) is 1. The van der Waals surface area contributed by atoms with E-state index in [-0.39, 0.29) is 11.3 Å². The van der Waals surface area contributed by atoms with Gasteiger partial charge in [0.1, 0.15) is 18.1 Å². The highest BCUT2D eigenvalue weighted by molar-refractivity contribution is 5.40. The molecule has 4 rings (SSSR count). The summed E-state index contributed by atoms with van der Waals surface area (Å²) in [4.78, 5) is 2.08. The van der Waals surface area contributed by atoms with Crippen molar-refractivity contribution in [2.75, 3.05) is 27.2 Å². The molecule has 0 bridgehead atoms. The van der Waals surface area contributed by atoms with Gasteiger partial charge in [-0.3, -0.25) is 0 Å². The van der Waals surface area contributed by atoms with Crippen molar-refractivity contribution >= 4 is 0 Å². The molecule has 0 saturated heterocycles. The summed E-state index contributed by atoms with van der Waals surface area (Å²) in [5.74, 6) is 2.01. The highest BCUT2D eigenvalue weighted by Gasteiger charge is 2.51. The molecule has 2 aromatic rings. The van der Waals surface area contributed by atoms with E-state index in [0.717, 1.165) is 43.5 Å². The third-order valence-corrected chi connectivity index (χ3v) is 8.09. The number of ether oxygens (including phenoxy) is 1. The molecule has 0 amide bonds. The van der Waals surface area contributed by atoms with E-state index in [2.05, 4.69) is 24.0 Å². The number of aromatic hydroxyl groups is 1. The fourth-order valence-electron chi connectivity index (χ4n) is 6.21. The molecule has 0 radical (unpaired) electrons. The molecule has 33 heavy (non-hydrogen) atoms. The highest BCUT2D eigenvalue weighted by Crippen LogP contribution is 2.59. The third kappa shape index (κ3) is 4.74. The van der Waals surface area contributed by atoms with Gasteiger partial charge in [-0.1, -0.05) is 25.1 Å². The predicted molar refractivity (Wildman–Crippen MR) is 129 cm³/mol. The van der Waals surface area contributed by atoms with Crippen LogP contribution in [0.1, 0.15) is 61.3 Å². The van der Waals surface area contributed by atoms with Gasteiger partial charge in [-0.2, -0.15) is 5.26 Å². The molecule has 176 valence electrons. The van der Waals surface area contributed by atoms with E-state index in [0.29, 0.717) is 30.6 Å². The van der Waals surface area contributed by atoms with Gasteiger partial charge in [0, 0.05) is 18.4 Å². The van der Waals surface area contributed by atoms with Crippen molar-refractivity contribution in [3.05, 3.63) is 59.2 Å². The van der Waals surface area contributed by atoms with Gasteiger partial charge in [0.15, 0.2) is 0 Å². The van der Waals surface area contributed by atoms with Crippen molar-refractivity contribution in [1.82, 2.24) is 4.90 Å². The molecule has 1 fully saturated rings. The summed E-state index contributed by atoms with van der Waals surface area (Å²) < 4.78 is 5.81. The second kappa shape index (κ2) is 9.75. The molecule has 2 aliphatic rings. The number of aryl methyl sites for hydroxylation is 1. The molecule has 0 spiro atoms. The zero-order chi connectivity index (χ0) is 23.6. The summed E-state index contributed by atoms with van der Waals surface area (Å²) in [5, 5.41) is 31.2. The smallest absolute Gasteiger partial charge is 0.119 e. The number of aliphatic hydroxyl groups excluding tert-OH is 1. The van der Waals surface area contributed by atoms with Crippen LogP contribution in [-0.4, -0.2) is 42.4 Å². The van der Waals surface area contributed by atoms with E-state index in [9.17, 15) is 15.5 Å². The molecule has 5 nitrogen and oxygen atoms in total. The SMILES string of the molecule is CN(C)CCOc1ccc(C(O)[C@@]2(C)CC[C@@H]3c4ccc(O)cc4CC[C@H]3[C@@H]2CC#N)cc1. The highest BCUT2D eigenvalue weighted by atomic mass is 16.5. The zero-order valence-electron chi connectivity index (χ0n) is 20.0. The van der Waals surface area contributed by atoms with Gasteiger partial charge in [-0.25, -0.2) is 0 Å². The fourth-order valence-corrected chi connectivity index (χ4v) is 6.21. The Morgan fingerprint density at radius 3 is 2.64 bits per heavy atom. The first-order valence-corrected chi connectivity index (χ1v) is 12.1. The summed E-state index contributed by atoms with van der Waals surface area (Å²) in [6.07, 6.45) is 3.58. The maximum atomic E-state index is 11.6. The van der Waals surface area contributed by atoms with E-state index in [1.165, 1.54) is 11.1 Å². The number of hydrogen-bond donors (Lipinski definition) is 2. The van der Waals surface area contributed by atoms with Crippen LogP contribution in [0, 0.1) is 28.6 Å². The van der Waals surface area contributed by atoms with Crippen molar-refractivity contribution in [3.63, 3.8) is 0 Å². The molecule has 2 N–H and O–H groups in total. The normalized spacial score (nSPS) is 27.3. The molecule has 2 aromatic carbocycles. The quantitative estimate of drug-likeness (QED) is 0.620. The number of nitriles is 1. The van der Waals surface area contributed by atoms with Crippen molar-refractivity contribution in [1.29, 1.82) is 5.26 Å². The summed E-state index contributed by atoms with van der Waals surface area (Å²) in [5.41, 5.74) is 3.09. The first-order chi connectivity index (χ1) is 15.8. The number of fused-ring (bicyclic) bond motifs is 3. The summed E-state index contributed by atoms with van der Waals surface area (Å²) >= 11 is 0. The summed E-state index contributed by atoms with van der Waals surface area (Å²) in [6.45, 7) is 3.65. The van der Waals surface area contributed by atoms with Crippen LogP contribution >= 0.6 is 0 Å². The second-order valence-corrected chi connectivity index (χ2v) is 10.3. The van der Waals surface area contributed by atoms with Crippen LogP contribution in [0.5, 0.6) is 11.5 Å². The number of hydrogen-bond acceptors (Lipinski definition) is 5. The molecule has 0 heterocycles. The van der Waals surface area contributed by atoms with E-state index < -0.39 is 6.10 Å². The standard InChI is InChI=1S/C28H36N2O3/c1-28(27(32)19-4-8-22(9-5-19)33-17-16-30(2)3)14-12-24-23-11-7-21(31)18-20(23)6-10-25(24)26(28)13-15-29/h4-5,7-9,11,18,24-27,31-32H,6,10,12-14,16-17H2,1-3H3/t24-,25-,26+,27?,28+/m1/s1. The van der Waals surface area contributed by atoms with Gasteiger partial charge in [0.05, 0.1) is 12.2 Å². The van der Waals surface area contributed by atoms with Crippen LogP contribution in [0.2, 0.25) is 0 Å². The van der Waals surface area contributed by atoms with E-state index >= 15 is 0 Å². The number of rotatable bonds is 7. The van der Waals surface area contributed by atoms with Crippen LogP contribution in [0.25, 0.3) is 0 Å². The number of aliphatic hydroxyl groups is 1. The molecule has 5 heteroatoms. The lowest BCUT2D eigenvalue weighted by molar-refractivity contribution is -0.0690. The average Bonchev–Trinajstić information content (AvgIpc) is 2.80. The molecule has 5 atom stereocenters. The van der Waals surface area contributed by atoms with Crippen LogP contribution in [-0.2, 0) is 6.42 Å². The Kier molecular flexibility index (Phi) is 6.97. The number of phenolic OH excluding ortho intramolecular Hbond substituents is 1. The van der Waals surface area contributed by atoms with Gasteiger partial charge in [0.2, 0.25) is 0 Å². The van der Waals surface area contributed by atoms with Crippen molar-refractivity contribution in [2.24, 2.45) is 17.3 Å². The van der Waals surface area contributed by atoms with Crippen molar-refractivity contribution in [2.45, 2.75) is 51.0 Å². The Balaban J connectivity index is 1.54. The van der Waals surface area contributed by atoms with Crippen molar-refractivity contribution < 1.29 is 14.9 Å². The Hall–Kier alpha value is -2.55. The molecular weight excluding hydrogens is 412 g/mol. The van der Waals surface area contributed by atoms with E-state index in [4.69, 9.17) is 4.74 Å². The monoisotopic (exact) mass is 448 g/mol. The lowest BCUT2D eigenvalue weighted by Gasteiger charge is -2.53. The Bertz CT molecular complexity index is 997. The first-order valence-electron chi connectivity index (χ1n) is 12.1. The molecule has 0 aliphatic heterocycles. The van der Waals surface area contributed by atoms with Crippen LogP contribution < -0.4 is 4.74 Å². The lowest BCUT2D eigenvalue weighted by Crippen LogP contribution is -2.45. The summed E-state index contributed by atoms with van der Waals surface area (Å²) in [6, 6.07) is 16.0. The third-order valence-electron chi connectivity index (χ3n) is 8.09. The number of phenols is 1. The lowest BCUT2D eigenvalue weighted by atomic mass is 9.52. The molecule has 2 aliphatic carbocycles. The molecular formula is C28H36N2O3. The Morgan fingerprint density at radius 1 is 1.18 bits per heavy atom. The van der Waals surface area contributed by atoms with Gasteiger partial charge in [0.25, 0.3) is 0 Å². The Morgan fingerprint density at radius 2 is 1.94 bits per heavy atom. The predicted octanol–water partition coefficient (Wildman–Crippen LogP) is 5.04. The van der Waals surface area contributed by atoms with Crippen molar-refractivity contribution in [3.8, 4) is 17.6 Å². The van der Waals surface area contributed by atoms with Gasteiger partial charge in [-0.05, 0) is 98.5 Å². The minimum atomic E-state index is -0.631. The number of nitrogens with zero attached hydrogens (tertiary/aromatic N) is 2. The topological polar surface area (TPSA) is 76.7 Å². The van der Waals surface area contributed by atoms with Gasteiger partial charge in [-0.15, -0.1) is 0 Å². The van der Waals surface area contributed by atoms with Gasteiger partial charge >= 0.3 is 0 Å². The van der Waals surface area contributed by atoms with E-state index in [1.54, 1.807) is 6.07 Å². The van der Waals surface area contributed by atoms with Gasteiger partial charge < -0.3 is 19.8 Å². The minimum absolute atomic E-state index is 0.120. The maximum absolute atomic E-state index is 11.6. The second-order valence-electron chi connectivity index (χ2n) is 10.3. The Labute approximate surface area is 197 Å². The van der Waals surface area contributed by atoms with Crippen LogP contribution in [0.3, 0.4) is 0 Å². The van der Waals surface area contributed by atoms with Crippen LogP contribution in [0.15, 0.2) is 42.5 Å². The average molecular weight is 449 g/mol. The molecule has 1 unspecified atom stereocenters. The number of benzene rings is 2. The zero-order valence-corrected chi connectivity index (χ0v) is 20.0. The first kappa shape index (κ1) is 23.6.